The lowest BCUT2D eigenvalue weighted by atomic mass is 10.0. The van der Waals surface area contributed by atoms with Crippen LogP contribution in [0.15, 0.2) is 276 Å². The first-order valence-corrected chi connectivity index (χ1v) is 42.0. The van der Waals surface area contributed by atoms with E-state index < -0.39 is 47.8 Å². The first-order chi connectivity index (χ1) is 61.8. The molecule has 24 nitrogen and oxygen atoms in total. The van der Waals surface area contributed by atoms with Crippen molar-refractivity contribution in [1.82, 2.24) is 0 Å². The first-order valence-electron chi connectivity index (χ1n) is 42.0. The molecule has 0 saturated heterocycles. The zero-order chi connectivity index (χ0) is 91.3. The Bertz CT molecular complexity index is 4770. The summed E-state index contributed by atoms with van der Waals surface area (Å²) in [6, 6.07) is 54.2. The van der Waals surface area contributed by atoms with Gasteiger partial charge in [0.2, 0.25) is 0 Å². The van der Waals surface area contributed by atoms with Gasteiger partial charge < -0.3 is 66.3 Å². The molecule has 8 aromatic rings. The zero-order valence-corrected chi connectivity index (χ0v) is 72.0. The predicted molar refractivity (Wildman–Crippen MR) is 485 cm³/mol. The third-order valence-electron chi connectivity index (χ3n) is 18.1. The van der Waals surface area contributed by atoms with Crippen LogP contribution >= 0.6 is 0 Å². The van der Waals surface area contributed by atoms with E-state index in [1.54, 1.807) is 146 Å². The van der Waals surface area contributed by atoms with E-state index in [4.69, 9.17) is 66.3 Å². The number of benzene rings is 8. The largest absolute Gasteiger partial charge is 0.494 e. The van der Waals surface area contributed by atoms with Crippen molar-refractivity contribution < 1.29 is 114 Å². The lowest BCUT2D eigenvalue weighted by Gasteiger charge is -2.11. The maximum Gasteiger partial charge on any atom is 0.343 e. The molecule has 0 atom stereocenters. The molecule has 0 N–H and O–H groups in total. The monoisotopic (exact) mass is 1730 g/mol. The predicted octanol–water partition coefficient (Wildman–Crippen LogP) is 19.9. The molecule has 127 heavy (non-hydrogen) atoms. The molecular weight excluding hydrogens is 1620 g/mol. The molecule has 0 unspecified atom stereocenters. The number of unbranched alkanes of at least 4 members (excludes halogenated alkanes) is 10. The van der Waals surface area contributed by atoms with Crippen LogP contribution in [0.4, 0.5) is 0 Å². The maximum absolute atomic E-state index is 13.1. The summed E-state index contributed by atoms with van der Waals surface area (Å²) >= 11 is 0. The Morgan fingerprint density at radius 2 is 0.449 bits per heavy atom. The number of hydrogen-bond donors (Lipinski definition) is 0. The van der Waals surface area contributed by atoms with E-state index in [0.717, 1.165) is 136 Å². The lowest BCUT2D eigenvalue weighted by molar-refractivity contribution is -0.138. The Morgan fingerprint density at radius 1 is 0.236 bits per heavy atom. The van der Waals surface area contributed by atoms with Crippen LogP contribution in [0.5, 0.6) is 46.0 Å². The van der Waals surface area contributed by atoms with Gasteiger partial charge in [0, 0.05) is 58.7 Å². The number of esters is 8. The van der Waals surface area contributed by atoms with Gasteiger partial charge in [-0.25, -0.2) is 38.4 Å². The summed E-state index contributed by atoms with van der Waals surface area (Å²) in [5.41, 5.74) is 5.48. The second-order valence-electron chi connectivity index (χ2n) is 27.9. The second kappa shape index (κ2) is 61.0. The number of aryl methyl sites for hydroxylation is 1. The summed E-state index contributed by atoms with van der Waals surface area (Å²) in [5, 5.41) is 0. The number of ketones is 2. The maximum atomic E-state index is 13.1. The van der Waals surface area contributed by atoms with Gasteiger partial charge in [-0.15, -0.1) is 0 Å². The minimum absolute atomic E-state index is 0.149. The molecule has 0 heterocycles. The van der Waals surface area contributed by atoms with Crippen LogP contribution in [0.25, 0.3) is 12.2 Å². The van der Waals surface area contributed by atoms with E-state index in [1.165, 1.54) is 0 Å². The van der Waals surface area contributed by atoms with Crippen LogP contribution in [-0.2, 0) is 57.2 Å². The number of carbonyl (C=O) groups excluding carboxylic acids is 10. The van der Waals surface area contributed by atoms with Gasteiger partial charge in [-0.05, 0) is 290 Å². The Morgan fingerprint density at radius 3 is 0.717 bits per heavy atom. The van der Waals surface area contributed by atoms with Crippen molar-refractivity contribution in [1.29, 1.82) is 0 Å². The van der Waals surface area contributed by atoms with Gasteiger partial charge in [0.1, 0.15) is 46.0 Å². The van der Waals surface area contributed by atoms with Gasteiger partial charge in [0.15, 0.2) is 11.6 Å². The van der Waals surface area contributed by atoms with E-state index >= 15 is 0 Å². The molecule has 0 bridgehead atoms. The molecule has 0 amide bonds. The number of allylic oxidation sites excluding steroid dienone is 2. The Hall–Kier alpha value is -14.4. The zero-order valence-electron chi connectivity index (χ0n) is 72.0. The molecule has 668 valence electrons. The van der Waals surface area contributed by atoms with E-state index in [-0.39, 0.29) is 11.6 Å². The van der Waals surface area contributed by atoms with Crippen LogP contribution in [0, 0.1) is 6.92 Å². The third-order valence-corrected chi connectivity index (χ3v) is 18.1. The minimum Gasteiger partial charge on any atom is -0.494 e. The summed E-state index contributed by atoms with van der Waals surface area (Å²) in [7, 11) is 0. The van der Waals surface area contributed by atoms with Crippen molar-refractivity contribution in [2.75, 3.05) is 79.3 Å². The molecule has 0 aliphatic heterocycles. The number of rotatable bonds is 57. The van der Waals surface area contributed by atoms with Gasteiger partial charge in [0.25, 0.3) is 0 Å². The summed E-state index contributed by atoms with van der Waals surface area (Å²) in [6.07, 6.45) is 27.9. The highest BCUT2D eigenvalue weighted by molar-refractivity contribution is 6.10. The molecule has 0 radical (unpaired) electrons. The molecule has 0 saturated carbocycles. The topological polar surface area (TPSA) is 300 Å². The van der Waals surface area contributed by atoms with Crippen molar-refractivity contribution >= 4 is 71.5 Å². The Kier molecular flexibility index (Phi) is 48.7. The van der Waals surface area contributed by atoms with Gasteiger partial charge in [-0.3, -0.25) is 9.59 Å². The average Bonchev–Trinajstić information content (AvgIpc) is 0.827. The molecule has 8 rings (SSSR count). The quantitative estimate of drug-likeness (QED) is 0.00650. The Balaban J connectivity index is 0.000000297. The number of hydrogen-bond acceptors (Lipinski definition) is 24. The van der Waals surface area contributed by atoms with E-state index in [2.05, 4.69) is 39.5 Å². The minimum atomic E-state index is -0.539. The van der Waals surface area contributed by atoms with Crippen LogP contribution in [0.2, 0.25) is 0 Å². The van der Waals surface area contributed by atoms with Gasteiger partial charge in [-0.1, -0.05) is 88.0 Å². The summed E-state index contributed by atoms with van der Waals surface area (Å²) in [6.45, 7) is 27.2. The van der Waals surface area contributed by atoms with Crippen LogP contribution in [0.3, 0.4) is 0 Å². The molecule has 0 aliphatic carbocycles. The molecule has 8 aromatic carbocycles. The van der Waals surface area contributed by atoms with E-state index in [1.807, 2.05) is 72.8 Å². The van der Waals surface area contributed by atoms with E-state index in [9.17, 15) is 47.9 Å². The molecule has 0 aliphatic rings. The van der Waals surface area contributed by atoms with Crippen LogP contribution < -0.4 is 37.9 Å². The number of ether oxygens (including phenoxy) is 14. The van der Waals surface area contributed by atoms with Gasteiger partial charge >= 0.3 is 47.8 Å². The van der Waals surface area contributed by atoms with Crippen molar-refractivity contribution in [3.05, 3.63) is 326 Å². The molecule has 0 spiro atoms. The fourth-order valence-electron chi connectivity index (χ4n) is 11.2. The molecule has 0 aromatic heterocycles. The van der Waals surface area contributed by atoms with Crippen molar-refractivity contribution in [3.63, 3.8) is 0 Å². The highest BCUT2D eigenvalue weighted by Crippen LogP contribution is 2.27. The van der Waals surface area contributed by atoms with Crippen molar-refractivity contribution in [3.8, 4) is 46.0 Å². The molecule has 24 heteroatoms. The van der Waals surface area contributed by atoms with Crippen molar-refractivity contribution in [2.24, 2.45) is 0 Å². The summed E-state index contributed by atoms with van der Waals surface area (Å²) in [5.74, 6) is 1.01. The smallest absolute Gasteiger partial charge is 0.343 e. The standard InChI is InChI=1S/C39H44O9.C34H34O9.C30H34O6/c1-4-36(40)46-26-12-8-6-10-24-44-33-19-14-30(15-20-33)38(42)32-18-23-35(29(3)28-32)48-39(43)31-16-21-34(22-17-31)45-25-11-7-9-13-27-47-37(41)5-2;1-3-31(35)41-23-7-5-21-39-28-15-9-25(10-16-28)33(37)26-11-19-30(20-12-26)43-34(38)27-13-17-29(18-14-27)40-22-6-8-24-42-32(36)4-2;1-3-29(31)35-23-9-7-21-33-27-17-13-25(14-18-27)11-5-6-12-26-15-19-28(20-16-26)34-22-8-10-24-36-30(32)4-2/h4-5,14-23,28H,1-2,6-13,24-27H2,3H3;3-4,9-20H,1-2,5-8,21-24H2;3-6,11-20H,1-2,7-10,21-24H2. The third kappa shape index (κ3) is 42.5. The van der Waals surface area contributed by atoms with Crippen LogP contribution in [-0.4, -0.2) is 139 Å². The SMILES string of the molecule is C=CC(=O)OCCCCCCOc1ccc(C(=O)Oc2ccc(C(=O)c3ccc(OCCCCCCOC(=O)C=C)cc3)cc2C)cc1.C=CC(=O)OCCCCOc1ccc(C(=O)Oc2ccc(C(=O)c3ccc(OCCCCOC(=O)C=C)cc3)cc2)cc1.C=CC(=O)OCCCCOc1ccc(C=CC=Cc2ccc(OCCCCOC(=O)C=C)cc2)cc1. The number of carbonyl (C=O) groups is 10. The lowest BCUT2D eigenvalue weighted by Crippen LogP contribution is -2.10. The van der Waals surface area contributed by atoms with Gasteiger partial charge in [-0.2, -0.15) is 0 Å². The average molecular weight is 1730 g/mol. The fraction of sp³-hybridized carbons (Fsp3) is 0.282. The second-order valence-corrected chi connectivity index (χ2v) is 27.9. The van der Waals surface area contributed by atoms with Crippen LogP contribution in [0.1, 0.15) is 172 Å². The molecule has 0 fully saturated rings. The summed E-state index contributed by atoms with van der Waals surface area (Å²) < 4.78 is 74.9. The fourth-order valence-corrected chi connectivity index (χ4v) is 11.2. The molecular formula is C103H112O24. The highest BCUT2D eigenvalue weighted by Gasteiger charge is 2.18. The van der Waals surface area contributed by atoms with Gasteiger partial charge in [0.05, 0.1) is 90.4 Å². The first kappa shape index (κ1) is 101. The highest BCUT2D eigenvalue weighted by atomic mass is 16.6. The summed E-state index contributed by atoms with van der Waals surface area (Å²) in [4.78, 5) is 117. The van der Waals surface area contributed by atoms with E-state index in [0.29, 0.717) is 178 Å². The Labute approximate surface area is 743 Å². The van der Waals surface area contributed by atoms with Crippen molar-refractivity contribution in [2.45, 2.75) is 110 Å². The normalized spacial score (nSPS) is 10.5.